The maximum absolute atomic E-state index is 12.5. The second-order valence-electron chi connectivity index (χ2n) is 7.01. The number of para-hydroxylation sites is 1. The van der Waals surface area contributed by atoms with E-state index < -0.39 is 15.9 Å². The molecule has 1 N–H and O–H groups in total. The quantitative estimate of drug-likeness (QED) is 0.319. The summed E-state index contributed by atoms with van der Waals surface area (Å²) in [5, 5.41) is 12.5. The molecule has 0 unspecified atom stereocenters. The molecule has 0 atom stereocenters. The Kier molecular flexibility index (Phi) is 11.9. The Bertz CT molecular complexity index is 838. The molecule has 0 aliphatic heterocycles. The van der Waals surface area contributed by atoms with E-state index in [0.717, 1.165) is 19.3 Å². The topological polar surface area (TPSA) is 86.7 Å². The molecule has 0 saturated carbocycles. The van der Waals surface area contributed by atoms with Crippen molar-refractivity contribution in [3.63, 3.8) is 0 Å². The molecule has 0 saturated heterocycles. The van der Waals surface area contributed by atoms with Gasteiger partial charge in [-0.05, 0) is 36.6 Å². The smallest absolute Gasteiger partial charge is 0.872 e. The molecule has 0 amide bonds. The van der Waals surface area contributed by atoms with Crippen LogP contribution in [0.2, 0.25) is 0 Å². The first-order valence-electron chi connectivity index (χ1n) is 9.96. The molecule has 0 aromatic heterocycles. The van der Waals surface area contributed by atoms with Gasteiger partial charge in [0.05, 0.1) is 0 Å². The monoisotopic (exact) mass is 428 g/mol. The van der Waals surface area contributed by atoms with Crippen LogP contribution in [0.5, 0.6) is 17.2 Å². The Morgan fingerprint density at radius 2 is 1.48 bits per heavy atom. The summed E-state index contributed by atoms with van der Waals surface area (Å²) in [5.41, 5.74) is 0.133. The minimum absolute atomic E-state index is 0. The summed E-state index contributed by atoms with van der Waals surface area (Å²) in [6.45, 7) is 2.18. The zero-order chi connectivity index (χ0) is 20.4. The van der Waals surface area contributed by atoms with Gasteiger partial charge in [0.1, 0.15) is 16.4 Å². The van der Waals surface area contributed by atoms with Gasteiger partial charge in [-0.2, -0.15) is 8.42 Å². The van der Waals surface area contributed by atoms with Crippen LogP contribution in [0.15, 0.2) is 47.4 Å². The molecule has 7 heteroatoms. The van der Waals surface area contributed by atoms with Crippen molar-refractivity contribution in [3.05, 3.63) is 48.0 Å². The molecule has 2 rings (SSSR count). The summed E-state index contributed by atoms with van der Waals surface area (Å²) < 4.78 is 38.8. The first kappa shape index (κ1) is 26.0. The summed E-state index contributed by atoms with van der Waals surface area (Å²) in [7, 11) is -4.51. The van der Waals surface area contributed by atoms with Gasteiger partial charge in [0.2, 0.25) is 0 Å². The largest absolute Gasteiger partial charge is 1.00 e. The fourth-order valence-corrected chi connectivity index (χ4v) is 3.97. The third-order valence-electron chi connectivity index (χ3n) is 4.68. The first-order valence-corrected chi connectivity index (χ1v) is 11.4. The number of rotatable bonds is 12. The minimum atomic E-state index is -4.51. The third-order valence-corrected chi connectivity index (χ3v) is 5.60. The fraction of sp³-hybridized carbons (Fsp3) is 0.455. The Hall–Kier alpha value is -1.05. The van der Waals surface area contributed by atoms with Gasteiger partial charge in [-0.3, -0.25) is 4.55 Å². The van der Waals surface area contributed by atoms with Crippen LogP contribution in [0.3, 0.4) is 0 Å². The molecule has 2 aromatic carbocycles. The fourth-order valence-electron chi connectivity index (χ4n) is 3.19. The van der Waals surface area contributed by atoms with Crippen LogP contribution in [-0.2, 0) is 16.5 Å². The SMILES string of the molecule is CCCCCCCCCCc1c([O-])cc(Oc2ccccc2)cc1S(=O)(=O)O.[Na+]. The normalized spacial score (nSPS) is 11.1. The number of hydrogen-bond acceptors (Lipinski definition) is 4. The molecule has 5 nitrogen and oxygen atoms in total. The van der Waals surface area contributed by atoms with Gasteiger partial charge < -0.3 is 9.84 Å². The van der Waals surface area contributed by atoms with Crippen LogP contribution in [0.1, 0.15) is 63.9 Å². The zero-order valence-corrected chi connectivity index (χ0v) is 20.2. The van der Waals surface area contributed by atoms with E-state index in [1.54, 1.807) is 24.3 Å². The van der Waals surface area contributed by atoms with Gasteiger partial charge in [-0.1, -0.05) is 70.1 Å². The van der Waals surface area contributed by atoms with Crippen LogP contribution in [0.25, 0.3) is 0 Å². The van der Waals surface area contributed by atoms with E-state index in [-0.39, 0.29) is 45.8 Å². The molecule has 0 heterocycles. The van der Waals surface area contributed by atoms with Crippen LogP contribution < -0.4 is 39.4 Å². The van der Waals surface area contributed by atoms with E-state index in [9.17, 15) is 18.1 Å². The van der Waals surface area contributed by atoms with Crippen molar-refractivity contribution in [2.24, 2.45) is 0 Å². The van der Waals surface area contributed by atoms with E-state index in [1.165, 1.54) is 37.8 Å². The molecule has 0 aliphatic rings. The van der Waals surface area contributed by atoms with E-state index in [2.05, 4.69) is 6.92 Å². The second-order valence-corrected chi connectivity index (χ2v) is 8.40. The molecule has 2 aromatic rings. The van der Waals surface area contributed by atoms with Crippen molar-refractivity contribution in [2.45, 2.75) is 69.6 Å². The predicted molar refractivity (Wildman–Crippen MR) is 109 cm³/mol. The molecule has 0 fully saturated rings. The van der Waals surface area contributed by atoms with Crippen molar-refractivity contribution in [1.82, 2.24) is 0 Å². The third kappa shape index (κ3) is 9.09. The molecular weight excluding hydrogens is 399 g/mol. The average molecular weight is 429 g/mol. The first-order chi connectivity index (χ1) is 13.4. The second kappa shape index (κ2) is 13.3. The van der Waals surface area contributed by atoms with Gasteiger partial charge >= 0.3 is 29.6 Å². The maximum Gasteiger partial charge on any atom is 1.00 e. The molecule has 29 heavy (non-hydrogen) atoms. The predicted octanol–water partition coefficient (Wildman–Crippen LogP) is 2.49. The van der Waals surface area contributed by atoms with E-state index in [0.29, 0.717) is 18.6 Å². The van der Waals surface area contributed by atoms with Crippen molar-refractivity contribution in [2.75, 3.05) is 0 Å². The molecule has 154 valence electrons. The Labute approximate surface area is 196 Å². The van der Waals surface area contributed by atoms with Crippen molar-refractivity contribution >= 4 is 10.1 Å². The molecule has 0 aliphatic carbocycles. The van der Waals surface area contributed by atoms with Crippen LogP contribution >= 0.6 is 0 Å². The molecule has 0 spiro atoms. The maximum atomic E-state index is 12.5. The Morgan fingerprint density at radius 3 is 2.07 bits per heavy atom. The van der Waals surface area contributed by atoms with Crippen molar-refractivity contribution in [3.8, 4) is 17.2 Å². The Balaban J connectivity index is 0.00000420. The van der Waals surface area contributed by atoms with Gasteiger partial charge in [-0.25, -0.2) is 0 Å². The zero-order valence-electron chi connectivity index (χ0n) is 17.4. The molecular formula is C22H29NaO5S. The summed E-state index contributed by atoms with van der Waals surface area (Å²) in [4.78, 5) is -0.353. The van der Waals surface area contributed by atoms with Gasteiger partial charge in [-0.15, -0.1) is 5.75 Å². The standard InChI is InChI=1S/C22H30O5S.Na/c1-2-3-4-5-6-7-8-12-15-20-21(23)16-19(17-22(20)28(24,25)26)27-18-13-10-9-11-14-18;/h9-11,13-14,16-17,23H,2-8,12,15H2,1H3,(H,24,25,26);/q;+1/p-1. The Morgan fingerprint density at radius 1 is 0.897 bits per heavy atom. The van der Waals surface area contributed by atoms with Crippen LogP contribution in [0, 0.1) is 0 Å². The minimum Gasteiger partial charge on any atom is -0.872 e. The number of ether oxygens (including phenoxy) is 1. The van der Waals surface area contributed by atoms with Crippen LogP contribution in [-0.4, -0.2) is 13.0 Å². The van der Waals surface area contributed by atoms with Gasteiger partial charge in [0.15, 0.2) is 0 Å². The van der Waals surface area contributed by atoms with Crippen molar-refractivity contribution < 1.29 is 52.4 Å². The number of unbranched alkanes of at least 4 members (excludes halogenated alkanes) is 7. The van der Waals surface area contributed by atoms with E-state index in [4.69, 9.17) is 4.74 Å². The summed E-state index contributed by atoms with van der Waals surface area (Å²) in [6, 6.07) is 11.3. The molecule has 0 radical (unpaired) electrons. The van der Waals surface area contributed by atoms with E-state index >= 15 is 0 Å². The number of benzene rings is 2. The van der Waals surface area contributed by atoms with Crippen LogP contribution in [0.4, 0.5) is 0 Å². The summed E-state index contributed by atoms with van der Waals surface area (Å²) in [5.74, 6) is 0.159. The van der Waals surface area contributed by atoms with E-state index in [1.807, 2.05) is 6.07 Å². The van der Waals surface area contributed by atoms with Gasteiger partial charge in [0, 0.05) is 6.07 Å². The average Bonchev–Trinajstić information content (AvgIpc) is 2.65. The van der Waals surface area contributed by atoms with Crippen molar-refractivity contribution in [1.29, 1.82) is 0 Å². The molecule has 0 bridgehead atoms. The van der Waals surface area contributed by atoms with Gasteiger partial charge in [0.25, 0.3) is 10.1 Å². The summed E-state index contributed by atoms with van der Waals surface area (Å²) in [6.07, 6.45) is 9.12. The number of hydrogen-bond donors (Lipinski definition) is 1. The summed E-state index contributed by atoms with van der Waals surface area (Å²) >= 11 is 0.